The van der Waals surface area contributed by atoms with Crippen LogP contribution < -0.4 is 5.73 Å². The van der Waals surface area contributed by atoms with Crippen LogP contribution in [0.1, 0.15) is 38.2 Å². The Balaban J connectivity index is 2.06. The molecule has 0 aliphatic heterocycles. The first-order chi connectivity index (χ1) is 8.10. The summed E-state index contributed by atoms with van der Waals surface area (Å²) in [5.41, 5.74) is 5.83. The first kappa shape index (κ1) is 12.1. The van der Waals surface area contributed by atoms with Gasteiger partial charge >= 0.3 is 5.97 Å². The van der Waals surface area contributed by atoms with Crippen molar-refractivity contribution in [1.29, 1.82) is 0 Å². The molecule has 1 aliphatic rings. The third-order valence-corrected chi connectivity index (χ3v) is 3.37. The van der Waals surface area contributed by atoms with Crippen LogP contribution in [0.2, 0.25) is 0 Å². The summed E-state index contributed by atoms with van der Waals surface area (Å²) in [4.78, 5) is 12.1. The van der Waals surface area contributed by atoms with Gasteiger partial charge < -0.3 is 10.5 Å². The third-order valence-electron chi connectivity index (χ3n) is 3.37. The minimum Gasteiger partial charge on any atom is -0.461 e. The highest BCUT2D eigenvalue weighted by atomic mass is 16.5. The lowest BCUT2D eigenvalue weighted by molar-refractivity contribution is -0.155. The molecule has 1 aromatic rings. The van der Waals surface area contributed by atoms with Gasteiger partial charge in [0, 0.05) is 0 Å². The maximum atomic E-state index is 12.1. The molecule has 0 radical (unpaired) electrons. The zero-order valence-corrected chi connectivity index (χ0v) is 10.2. The average Bonchev–Trinajstić information content (AvgIpc) is 2.83. The fraction of sp³-hybridized carbons (Fsp3) is 0.500. The molecule has 0 spiro atoms. The van der Waals surface area contributed by atoms with E-state index in [1.165, 1.54) is 0 Å². The molecular formula is C14H19NO2. The number of hydrogen-bond donors (Lipinski definition) is 1. The fourth-order valence-corrected chi connectivity index (χ4v) is 2.18. The van der Waals surface area contributed by atoms with Crippen molar-refractivity contribution in [3.63, 3.8) is 0 Å². The molecule has 0 amide bonds. The Labute approximate surface area is 102 Å². The number of nitrogens with two attached hydrogens (primary N) is 1. The maximum Gasteiger partial charge on any atom is 0.330 e. The van der Waals surface area contributed by atoms with Gasteiger partial charge in [-0.1, -0.05) is 30.3 Å². The Morgan fingerprint density at radius 3 is 2.47 bits per heavy atom. The molecule has 17 heavy (non-hydrogen) atoms. The van der Waals surface area contributed by atoms with E-state index in [4.69, 9.17) is 10.5 Å². The van der Waals surface area contributed by atoms with Crippen molar-refractivity contribution in [1.82, 2.24) is 0 Å². The highest BCUT2D eigenvalue weighted by molar-refractivity contribution is 5.82. The zero-order valence-electron chi connectivity index (χ0n) is 10.2. The summed E-state index contributed by atoms with van der Waals surface area (Å²) in [6.45, 7) is 1.71. The van der Waals surface area contributed by atoms with E-state index in [-0.39, 0.29) is 12.1 Å². The number of esters is 1. The molecular weight excluding hydrogens is 214 g/mol. The van der Waals surface area contributed by atoms with Gasteiger partial charge in [-0.15, -0.1) is 0 Å². The number of benzene rings is 1. The lowest BCUT2D eigenvalue weighted by Gasteiger charge is -2.25. The fourth-order valence-electron chi connectivity index (χ4n) is 2.18. The molecule has 3 heteroatoms. The Morgan fingerprint density at radius 1 is 1.29 bits per heavy atom. The molecule has 2 N–H and O–H groups in total. The second-order valence-electron chi connectivity index (χ2n) is 4.88. The van der Waals surface area contributed by atoms with Crippen LogP contribution in [-0.4, -0.2) is 12.1 Å². The summed E-state index contributed by atoms with van der Waals surface area (Å²) in [5.74, 6) is -0.324. The average molecular weight is 233 g/mol. The van der Waals surface area contributed by atoms with Crippen LogP contribution >= 0.6 is 0 Å². The van der Waals surface area contributed by atoms with Gasteiger partial charge in [0.1, 0.15) is 11.6 Å². The van der Waals surface area contributed by atoms with Gasteiger partial charge in [-0.25, -0.2) is 4.79 Å². The van der Waals surface area contributed by atoms with Crippen LogP contribution in [0.15, 0.2) is 30.3 Å². The van der Waals surface area contributed by atoms with Crippen molar-refractivity contribution < 1.29 is 9.53 Å². The highest BCUT2D eigenvalue weighted by Crippen LogP contribution is 2.25. The van der Waals surface area contributed by atoms with Gasteiger partial charge in [0.2, 0.25) is 0 Å². The van der Waals surface area contributed by atoms with Crippen LogP contribution in [0.3, 0.4) is 0 Å². The molecule has 0 heterocycles. The van der Waals surface area contributed by atoms with Crippen molar-refractivity contribution in [2.24, 2.45) is 5.73 Å². The summed E-state index contributed by atoms with van der Waals surface area (Å²) in [5, 5.41) is 0. The third kappa shape index (κ3) is 2.67. The molecule has 1 aliphatic carbocycles. The van der Waals surface area contributed by atoms with E-state index in [9.17, 15) is 4.79 Å². The Morgan fingerprint density at radius 2 is 1.88 bits per heavy atom. The number of carbonyl (C=O) groups is 1. The van der Waals surface area contributed by atoms with Gasteiger partial charge in [-0.05, 0) is 38.2 Å². The molecule has 3 nitrogen and oxygen atoms in total. The first-order valence-electron chi connectivity index (χ1n) is 6.16. The zero-order chi connectivity index (χ0) is 12.3. The van der Waals surface area contributed by atoms with E-state index in [1.807, 2.05) is 30.3 Å². The maximum absolute atomic E-state index is 12.1. The minimum atomic E-state index is -1.05. The normalized spacial score (nSPS) is 19.9. The van der Waals surface area contributed by atoms with Gasteiger partial charge in [0.05, 0.1) is 0 Å². The SMILES string of the molecule is CC(N)(C(=O)OC1CCCC1)c1ccccc1. The number of ether oxygens (including phenoxy) is 1. The molecule has 0 aromatic heterocycles. The van der Waals surface area contributed by atoms with E-state index >= 15 is 0 Å². The molecule has 0 bridgehead atoms. The first-order valence-corrected chi connectivity index (χ1v) is 6.16. The van der Waals surface area contributed by atoms with Gasteiger partial charge in [-0.2, -0.15) is 0 Å². The quantitative estimate of drug-likeness (QED) is 0.815. The monoisotopic (exact) mass is 233 g/mol. The molecule has 1 atom stereocenters. The van der Waals surface area contributed by atoms with Crippen molar-refractivity contribution in [3.8, 4) is 0 Å². The van der Waals surface area contributed by atoms with Crippen molar-refractivity contribution in [2.75, 3.05) is 0 Å². The summed E-state index contributed by atoms with van der Waals surface area (Å²) in [6, 6.07) is 9.38. The number of carbonyl (C=O) groups excluding carboxylic acids is 1. The highest BCUT2D eigenvalue weighted by Gasteiger charge is 2.34. The summed E-state index contributed by atoms with van der Waals surface area (Å²) >= 11 is 0. The van der Waals surface area contributed by atoms with E-state index in [0.29, 0.717) is 0 Å². The largest absolute Gasteiger partial charge is 0.461 e. The summed E-state index contributed by atoms with van der Waals surface area (Å²) in [7, 11) is 0. The molecule has 0 saturated heterocycles. The molecule has 1 saturated carbocycles. The summed E-state index contributed by atoms with van der Waals surface area (Å²) in [6.07, 6.45) is 4.29. The second-order valence-corrected chi connectivity index (χ2v) is 4.88. The number of rotatable bonds is 3. The van der Waals surface area contributed by atoms with E-state index in [0.717, 1.165) is 31.2 Å². The lowest BCUT2D eigenvalue weighted by Crippen LogP contribution is -2.44. The molecule has 1 unspecified atom stereocenters. The molecule has 92 valence electrons. The van der Waals surface area contributed by atoms with Crippen LogP contribution in [0.25, 0.3) is 0 Å². The Hall–Kier alpha value is -1.35. The minimum absolute atomic E-state index is 0.0640. The van der Waals surface area contributed by atoms with Gasteiger partial charge in [-0.3, -0.25) is 0 Å². The lowest BCUT2D eigenvalue weighted by atomic mass is 9.93. The Bertz CT molecular complexity index is 380. The molecule has 1 aromatic carbocycles. The van der Waals surface area contributed by atoms with Crippen molar-refractivity contribution >= 4 is 5.97 Å². The van der Waals surface area contributed by atoms with Crippen LogP contribution in [0.5, 0.6) is 0 Å². The number of hydrogen-bond acceptors (Lipinski definition) is 3. The van der Waals surface area contributed by atoms with Crippen molar-refractivity contribution in [2.45, 2.75) is 44.2 Å². The second kappa shape index (κ2) is 4.88. The van der Waals surface area contributed by atoms with Crippen LogP contribution in [0.4, 0.5) is 0 Å². The summed E-state index contributed by atoms with van der Waals surface area (Å²) < 4.78 is 5.47. The van der Waals surface area contributed by atoms with Gasteiger partial charge in [0.25, 0.3) is 0 Å². The molecule has 1 fully saturated rings. The predicted octanol–water partition coefficient (Wildman–Crippen LogP) is 2.35. The standard InChI is InChI=1S/C14H19NO2/c1-14(15,11-7-3-2-4-8-11)13(16)17-12-9-5-6-10-12/h2-4,7-8,12H,5-6,9-10,15H2,1H3. The van der Waals surface area contributed by atoms with Crippen LogP contribution in [0, 0.1) is 0 Å². The predicted molar refractivity (Wildman–Crippen MR) is 66.3 cm³/mol. The smallest absolute Gasteiger partial charge is 0.330 e. The topological polar surface area (TPSA) is 52.3 Å². The van der Waals surface area contributed by atoms with E-state index in [2.05, 4.69) is 0 Å². The molecule has 2 rings (SSSR count). The Kier molecular flexibility index (Phi) is 3.48. The van der Waals surface area contributed by atoms with Gasteiger partial charge in [0.15, 0.2) is 0 Å². The van der Waals surface area contributed by atoms with E-state index < -0.39 is 5.54 Å². The van der Waals surface area contributed by atoms with E-state index in [1.54, 1.807) is 6.92 Å². The van der Waals surface area contributed by atoms with Crippen molar-refractivity contribution in [3.05, 3.63) is 35.9 Å². The van der Waals surface area contributed by atoms with Crippen LogP contribution in [-0.2, 0) is 15.1 Å².